The maximum absolute atomic E-state index is 11.0. The molecule has 0 saturated heterocycles. The Bertz CT molecular complexity index is 492. The molecule has 8 heteroatoms. The average Bonchev–Trinajstić information content (AvgIpc) is 2.43. The molecule has 0 fully saturated rings. The third-order valence-electron chi connectivity index (χ3n) is 2.94. The van der Waals surface area contributed by atoms with Gasteiger partial charge in [-0.25, -0.2) is 0 Å². The number of hydrogen-bond donors (Lipinski definition) is 2. The number of non-ortho nitro benzene ring substituents is 1. The van der Waals surface area contributed by atoms with E-state index in [9.17, 15) is 20.2 Å². The Labute approximate surface area is 116 Å². The molecule has 3 N–H and O–H groups in total. The highest BCUT2D eigenvalue weighted by atomic mass is 16.6. The number of unbranched alkanes of at least 4 members (excludes halogenated alkanes) is 1. The lowest BCUT2D eigenvalue weighted by Crippen LogP contribution is -2.29. The first-order valence-corrected chi connectivity index (χ1v) is 6.39. The zero-order valence-corrected chi connectivity index (χ0v) is 11.2. The number of nitrogens with zero attached hydrogens (tertiary/aromatic N) is 2. The fourth-order valence-corrected chi connectivity index (χ4v) is 1.83. The lowest BCUT2D eigenvalue weighted by Gasteiger charge is -2.17. The Morgan fingerprint density at radius 3 is 2.50 bits per heavy atom. The summed E-state index contributed by atoms with van der Waals surface area (Å²) in [6, 6.07) is 3.46. The highest BCUT2D eigenvalue weighted by molar-refractivity contribution is 5.65. The quantitative estimate of drug-likeness (QED) is 0.557. The topological polar surface area (TPSA) is 124 Å². The minimum atomic E-state index is -0.658. The molecule has 0 aromatic heterocycles. The number of nitro groups is 2. The Hall–Kier alpha value is -2.22. The molecule has 0 radical (unpaired) electrons. The molecule has 110 valence electrons. The molecule has 0 heterocycles. The predicted molar refractivity (Wildman–Crippen MR) is 75.7 cm³/mol. The lowest BCUT2D eigenvalue weighted by molar-refractivity contribution is -0.393. The standard InChI is InChI=1S/C12H18N4O4/c1-2-3-4-9(8-13)14-11-6-5-10(15(17)18)7-12(11)16(19)20/h5-7,9,14H,2-4,8,13H2,1H3. The van der Waals surface area contributed by atoms with Gasteiger partial charge in [-0.05, 0) is 12.5 Å². The molecular formula is C12H18N4O4. The fourth-order valence-electron chi connectivity index (χ4n) is 1.83. The van der Waals surface area contributed by atoms with E-state index in [-0.39, 0.29) is 23.1 Å². The number of hydrogen-bond acceptors (Lipinski definition) is 6. The lowest BCUT2D eigenvalue weighted by atomic mass is 10.1. The van der Waals surface area contributed by atoms with E-state index in [1.165, 1.54) is 12.1 Å². The van der Waals surface area contributed by atoms with Crippen molar-refractivity contribution >= 4 is 17.1 Å². The van der Waals surface area contributed by atoms with Crippen LogP contribution in [-0.4, -0.2) is 22.4 Å². The van der Waals surface area contributed by atoms with E-state index in [4.69, 9.17) is 5.73 Å². The Morgan fingerprint density at radius 1 is 1.30 bits per heavy atom. The third-order valence-corrected chi connectivity index (χ3v) is 2.94. The summed E-state index contributed by atoms with van der Waals surface area (Å²) in [5.74, 6) is 0. The first-order valence-electron chi connectivity index (χ1n) is 6.39. The van der Waals surface area contributed by atoms with Crippen LogP contribution in [0.5, 0.6) is 0 Å². The average molecular weight is 282 g/mol. The summed E-state index contributed by atoms with van der Waals surface area (Å²) < 4.78 is 0. The van der Waals surface area contributed by atoms with Crippen LogP contribution in [0.2, 0.25) is 0 Å². The largest absolute Gasteiger partial charge is 0.375 e. The van der Waals surface area contributed by atoms with Gasteiger partial charge in [0, 0.05) is 18.7 Å². The van der Waals surface area contributed by atoms with Gasteiger partial charge in [0.15, 0.2) is 0 Å². The van der Waals surface area contributed by atoms with Crippen molar-refractivity contribution in [1.29, 1.82) is 0 Å². The van der Waals surface area contributed by atoms with Crippen molar-refractivity contribution in [3.05, 3.63) is 38.4 Å². The monoisotopic (exact) mass is 282 g/mol. The maximum Gasteiger partial charge on any atom is 0.299 e. The number of anilines is 1. The molecule has 8 nitrogen and oxygen atoms in total. The van der Waals surface area contributed by atoms with Gasteiger partial charge in [-0.1, -0.05) is 19.8 Å². The molecule has 1 aromatic carbocycles. The normalized spacial score (nSPS) is 11.9. The number of benzene rings is 1. The molecule has 0 spiro atoms. The zero-order chi connectivity index (χ0) is 15.1. The molecule has 0 aliphatic heterocycles. The molecule has 1 unspecified atom stereocenters. The summed E-state index contributed by atoms with van der Waals surface area (Å²) in [6.45, 7) is 2.38. The van der Waals surface area contributed by atoms with E-state index >= 15 is 0 Å². The van der Waals surface area contributed by atoms with Crippen LogP contribution in [0.3, 0.4) is 0 Å². The predicted octanol–water partition coefficient (Wildman–Crippen LogP) is 2.43. The molecule has 0 aliphatic rings. The zero-order valence-electron chi connectivity index (χ0n) is 11.2. The minimum Gasteiger partial charge on any atom is -0.375 e. The third kappa shape index (κ3) is 4.16. The molecule has 20 heavy (non-hydrogen) atoms. The van der Waals surface area contributed by atoms with Gasteiger partial charge < -0.3 is 11.1 Å². The summed E-state index contributed by atoms with van der Waals surface area (Å²) >= 11 is 0. The van der Waals surface area contributed by atoms with E-state index in [2.05, 4.69) is 5.32 Å². The van der Waals surface area contributed by atoms with Crippen molar-refractivity contribution < 1.29 is 9.85 Å². The molecule has 0 saturated carbocycles. The van der Waals surface area contributed by atoms with Gasteiger partial charge in [-0.2, -0.15) is 0 Å². The van der Waals surface area contributed by atoms with Gasteiger partial charge in [0.05, 0.1) is 15.9 Å². The molecule has 0 aliphatic carbocycles. The Kier molecular flexibility index (Phi) is 5.85. The first-order chi connectivity index (χ1) is 9.49. The van der Waals surface area contributed by atoms with Crippen molar-refractivity contribution in [2.75, 3.05) is 11.9 Å². The van der Waals surface area contributed by atoms with Crippen molar-refractivity contribution in [3.8, 4) is 0 Å². The van der Waals surface area contributed by atoms with Crippen molar-refractivity contribution in [3.63, 3.8) is 0 Å². The Balaban J connectivity index is 2.98. The van der Waals surface area contributed by atoms with E-state index in [1.54, 1.807) is 0 Å². The Morgan fingerprint density at radius 2 is 2.00 bits per heavy atom. The van der Waals surface area contributed by atoms with Crippen LogP contribution >= 0.6 is 0 Å². The van der Waals surface area contributed by atoms with Crippen LogP contribution in [0, 0.1) is 20.2 Å². The van der Waals surface area contributed by atoms with Gasteiger partial charge >= 0.3 is 0 Å². The molecule has 0 bridgehead atoms. The number of nitrogens with one attached hydrogen (secondary N) is 1. The van der Waals surface area contributed by atoms with E-state index < -0.39 is 9.85 Å². The number of nitro benzene ring substituents is 2. The number of nitrogens with two attached hydrogens (primary N) is 1. The van der Waals surface area contributed by atoms with Crippen molar-refractivity contribution in [2.24, 2.45) is 5.73 Å². The van der Waals surface area contributed by atoms with E-state index in [0.717, 1.165) is 25.3 Å². The molecule has 0 amide bonds. The summed E-state index contributed by atoms with van der Waals surface area (Å²) in [5, 5.41) is 24.6. The second-order valence-corrected chi connectivity index (χ2v) is 4.43. The first kappa shape index (κ1) is 15.8. The van der Waals surface area contributed by atoms with Crippen LogP contribution in [0.15, 0.2) is 18.2 Å². The fraction of sp³-hybridized carbons (Fsp3) is 0.500. The molecular weight excluding hydrogens is 264 g/mol. The van der Waals surface area contributed by atoms with Gasteiger partial charge in [-0.3, -0.25) is 20.2 Å². The van der Waals surface area contributed by atoms with Gasteiger partial charge in [0.25, 0.3) is 11.4 Å². The van der Waals surface area contributed by atoms with Crippen molar-refractivity contribution in [2.45, 2.75) is 32.2 Å². The SMILES string of the molecule is CCCCC(CN)Nc1ccc([N+](=O)[O-])cc1[N+](=O)[O-]. The number of rotatable bonds is 8. The van der Waals surface area contributed by atoms with Crippen LogP contribution in [0.25, 0.3) is 0 Å². The van der Waals surface area contributed by atoms with Crippen LogP contribution in [0.1, 0.15) is 26.2 Å². The second kappa shape index (κ2) is 7.39. The molecule has 1 rings (SSSR count). The summed E-state index contributed by atoms with van der Waals surface area (Å²) in [7, 11) is 0. The van der Waals surface area contributed by atoms with E-state index in [0.29, 0.717) is 6.54 Å². The van der Waals surface area contributed by atoms with E-state index in [1.807, 2.05) is 6.92 Å². The van der Waals surface area contributed by atoms with Gasteiger partial charge in [0.1, 0.15) is 5.69 Å². The summed E-state index contributed by atoms with van der Waals surface area (Å²) in [5.41, 5.74) is 5.27. The highest BCUT2D eigenvalue weighted by Gasteiger charge is 2.20. The van der Waals surface area contributed by atoms with Crippen molar-refractivity contribution in [1.82, 2.24) is 0 Å². The second-order valence-electron chi connectivity index (χ2n) is 4.43. The van der Waals surface area contributed by atoms with Crippen LogP contribution < -0.4 is 11.1 Å². The molecule has 1 atom stereocenters. The van der Waals surface area contributed by atoms with Gasteiger partial charge in [0.2, 0.25) is 0 Å². The summed E-state index contributed by atoms with van der Waals surface area (Å²) in [6.07, 6.45) is 2.75. The van der Waals surface area contributed by atoms with Crippen LogP contribution in [0.4, 0.5) is 17.1 Å². The summed E-state index contributed by atoms with van der Waals surface area (Å²) in [4.78, 5) is 20.3. The van der Waals surface area contributed by atoms with Gasteiger partial charge in [-0.15, -0.1) is 0 Å². The smallest absolute Gasteiger partial charge is 0.299 e. The maximum atomic E-state index is 11.0. The van der Waals surface area contributed by atoms with Crippen LogP contribution in [-0.2, 0) is 0 Å². The minimum absolute atomic E-state index is 0.0879. The highest BCUT2D eigenvalue weighted by Crippen LogP contribution is 2.29. The molecule has 1 aromatic rings.